The summed E-state index contributed by atoms with van der Waals surface area (Å²) in [5, 5.41) is 1.78. The summed E-state index contributed by atoms with van der Waals surface area (Å²) in [5.74, 6) is -1.09. The zero-order valence-electron chi connectivity index (χ0n) is 18.8. The van der Waals surface area contributed by atoms with Gasteiger partial charge in [-0.1, -0.05) is 36.7 Å². The number of benzene rings is 2. The molecule has 1 saturated carbocycles. The molecule has 2 aromatic carbocycles. The number of carbonyl (C=O) groups is 2. The number of nitrogens with zero attached hydrogens (tertiary/aromatic N) is 2. The van der Waals surface area contributed by atoms with Gasteiger partial charge in [-0.05, 0) is 49.2 Å². The molecule has 192 valence electrons. The van der Waals surface area contributed by atoms with Gasteiger partial charge in [-0.15, -0.1) is 0 Å². The minimum Gasteiger partial charge on any atom is -0.435 e. The minimum absolute atomic E-state index is 0.0366. The van der Waals surface area contributed by atoms with E-state index in [1.54, 1.807) is 4.90 Å². The molecule has 0 aromatic heterocycles. The van der Waals surface area contributed by atoms with E-state index in [0.717, 1.165) is 49.6 Å². The molecule has 1 N–H and O–H groups in total. The lowest BCUT2D eigenvalue weighted by atomic mass is 10.1. The van der Waals surface area contributed by atoms with Crippen molar-refractivity contribution in [3.63, 3.8) is 0 Å². The smallest absolute Gasteiger partial charge is 0.418 e. The van der Waals surface area contributed by atoms with Gasteiger partial charge in [0.15, 0.2) is 5.17 Å². The number of amides is 2. The van der Waals surface area contributed by atoms with Crippen LogP contribution < -0.4 is 10.1 Å². The number of rotatable bonds is 7. The fraction of sp³-hybridized carbons (Fsp3) is 0.375. The molecule has 1 atom stereocenters. The van der Waals surface area contributed by atoms with Crippen LogP contribution in [-0.4, -0.2) is 39.8 Å². The number of thioether (sulfide) groups is 1. The summed E-state index contributed by atoms with van der Waals surface area (Å²) in [5.41, 5.74) is -0.949. The monoisotopic (exact) mass is 527 g/mol. The Hall–Kier alpha value is -3.15. The summed E-state index contributed by atoms with van der Waals surface area (Å²) in [4.78, 5) is 31.9. The molecule has 36 heavy (non-hydrogen) atoms. The van der Waals surface area contributed by atoms with E-state index in [2.05, 4.69) is 15.0 Å². The highest BCUT2D eigenvalue weighted by Crippen LogP contribution is 2.38. The lowest BCUT2D eigenvalue weighted by molar-refractivity contribution is -0.137. The number of para-hydroxylation sites is 1. The van der Waals surface area contributed by atoms with Gasteiger partial charge in [0.1, 0.15) is 11.0 Å². The number of aliphatic imine (C=N–C) groups is 1. The molecule has 2 aliphatic rings. The highest BCUT2D eigenvalue weighted by atomic mass is 32.2. The first-order valence-corrected chi connectivity index (χ1v) is 12.1. The number of nitrogens with one attached hydrogen (secondary N) is 1. The number of carbonyl (C=O) groups excluding carboxylic acids is 2. The normalized spacial score (nSPS) is 19.9. The van der Waals surface area contributed by atoms with Crippen LogP contribution in [0.15, 0.2) is 53.5 Å². The van der Waals surface area contributed by atoms with E-state index in [0.29, 0.717) is 10.9 Å². The molecule has 0 spiro atoms. The third-order valence-electron chi connectivity index (χ3n) is 5.82. The molecule has 1 saturated heterocycles. The van der Waals surface area contributed by atoms with Gasteiger partial charge in [-0.25, -0.2) is 4.99 Å². The molecular formula is C24H22F5N3O3S. The second kappa shape index (κ2) is 10.9. The van der Waals surface area contributed by atoms with Crippen molar-refractivity contribution >= 4 is 40.1 Å². The average molecular weight is 528 g/mol. The third kappa shape index (κ3) is 6.15. The first kappa shape index (κ1) is 25.9. The third-order valence-corrected chi connectivity index (χ3v) is 6.97. The topological polar surface area (TPSA) is 71.0 Å². The zero-order valence-corrected chi connectivity index (χ0v) is 19.6. The highest BCUT2D eigenvalue weighted by Gasteiger charge is 2.43. The molecule has 1 aliphatic carbocycles. The summed E-state index contributed by atoms with van der Waals surface area (Å²) >= 11 is 1.06. The number of amidine groups is 1. The van der Waals surface area contributed by atoms with E-state index in [9.17, 15) is 31.5 Å². The van der Waals surface area contributed by atoms with Gasteiger partial charge >= 0.3 is 12.8 Å². The Balaban J connectivity index is 1.51. The number of halogens is 5. The van der Waals surface area contributed by atoms with Crippen molar-refractivity contribution in [1.82, 2.24) is 4.90 Å². The van der Waals surface area contributed by atoms with E-state index in [1.165, 1.54) is 36.4 Å². The largest absolute Gasteiger partial charge is 0.435 e. The van der Waals surface area contributed by atoms with E-state index in [4.69, 9.17) is 0 Å². The van der Waals surface area contributed by atoms with Crippen molar-refractivity contribution in [1.29, 1.82) is 0 Å². The number of hydrogen-bond acceptors (Lipinski definition) is 5. The maximum atomic E-state index is 13.3. The van der Waals surface area contributed by atoms with E-state index < -0.39 is 29.5 Å². The predicted octanol–water partition coefficient (Wildman–Crippen LogP) is 6.21. The van der Waals surface area contributed by atoms with Crippen LogP contribution in [0.3, 0.4) is 0 Å². The Kier molecular flexibility index (Phi) is 7.82. The summed E-state index contributed by atoms with van der Waals surface area (Å²) in [6, 6.07) is 10.1. The van der Waals surface area contributed by atoms with Crippen molar-refractivity contribution in [2.45, 2.75) is 56.2 Å². The summed E-state index contributed by atoms with van der Waals surface area (Å²) in [7, 11) is 0. The second-order valence-corrected chi connectivity index (χ2v) is 9.49. The predicted molar refractivity (Wildman–Crippen MR) is 125 cm³/mol. The first-order valence-electron chi connectivity index (χ1n) is 11.2. The Morgan fingerprint density at radius 2 is 1.78 bits per heavy atom. The molecule has 0 radical (unpaired) electrons. The summed E-state index contributed by atoms with van der Waals surface area (Å²) in [6.45, 7) is -2.96. The van der Waals surface area contributed by atoms with Gasteiger partial charge in [0.2, 0.25) is 11.8 Å². The number of alkyl halides is 5. The van der Waals surface area contributed by atoms with Crippen LogP contribution >= 0.6 is 11.8 Å². The average Bonchev–Trinajstić information content (AvgIpc) is 3.42. The van der Waals surface area contributed by atoms with Gasteiger partial charge in [-0.3, -0.25) is 14.5 Å². The number of ether oxygens (including phenoxy) is 1. The minimum atomic E-state index is -4.64. The SMILES string of the molecule is O=C(C[C@@H]1SC(=Nc2ccc(OC(F)F)cc2)N(C2CCCC2)C1=O)Nc1ccccc1C(F)(F)F. The maximum Gasteiger partial charge on any atom is 0.418 e. The fourth-order valence-corrected chi connectivity index (χ4v) is 5.43. The lowest BCUT2D eigenvalue weighted by Gasteiger charge is -2.23. The molecule has 12 heteroatoms. The Bertz CT molecular complexity index is 1130. The van der Waals surface area contributed by atoms with Gasteiger partial charge in [0.05, 0.1) is 16.9 Å². The first-order chi connectivity index (χ1) is 17.1. The van der Waals surface area contributed by atoms with Crippen LogP contribution in [0.4, 0.5) is 33.3 Å². The highest BCUT2D eigenvalue weighted by molar-refractivity contribution is 8.15. The standard InChI is InChI=1S/C24H22F5N3O3S/c25-22(26)35-16-11-9-14(10-12-16)30-23-32(15-5-1-2-6-15)21(34)19(36-23)13-20(33)31-18-8-4-3-7-17(18)24(27,28)29/h3-4,7-12,15,19,22H,1-2,5-6,13H2,(H,31,33)/t19-/m0/s1. The molecule has 1 aliphatic heterocycles. The molecular weight excluding hydrogens is 505 g/mol. The zero-order chi connectivity index (χ0) is 25.9. The van der Waals surface area contributed by atoms with E-state index >= 15 is 0 Å². The summed E-state index contributed by atoms with van der Waals surface area (Å²) < 4.78 is 68.9. The van der Waals surface area contributed by atoms with Gasteiger partial charge in [-0.2, -0.15) is 22.0 Å². The number of anilines is 1. The molecule has 2 aromatic rings. The van der Waals surface area contributed by atoms with Crippen LogP contribution in [0.25, 0.3) is 0 Å². The molecule has 1 heterocycles. The lowest BCUT2D eigenvalue weighted by Crippen LogP contribution is -2.40. The number of hydrogen-bond donors (Lipinski definition) is 1. The van der Waals surface area contributed by atoms with E-state index in [1.807, 2.05) is 0 Å². The Morgan fingerprint density at radius 1 is 1.11 bits per heavy atom. The van der Waals surface area contributed by atoms with Crippen LogP contribution in [0, 0.1) is 0 Å². The van der Waals surface area contributed by atoms with Gasteiger partial charge < -0.3 is 10.1 Å². The molecule has 4 rings (SSSR count). The van der Waals surface area contributed by atoms with Crippen LogP contribution in [0.5, 0.6) is 5.75 Å². The quantitative estimate of drug-likeness (QED) is 0.435. The summed E-state index contributed by atoms with van der Waals surface area (Å²) in [6.07, 6.45) is -1.57. The second-order valence-electron chi connectivity index (χ2n) is 8.32. The fourth-order valence-electron chi connectivity index (χ4n) is 4.21. The van der Waals surface area contributed by atoms with Crippen LogP contribution in [0.1, 0.15) is 37.7 Å². The molecule has 6 nitrogen and oxygen atoms in total. The Labute approximate surface area is 207 Å². The molecule has 2 amide bonds. The Morgan fingerprint density at radius 3 is 2.42 bits per heavy atom. The van der Waals surface area contributed by atoms with Gasteiger partial charge in [0, 0.05) is 12.5 Å². The van der Waals surface area contributed by atoms with Crippen LogP contribution in [-0.2, 0) is 15.8 Å². The van der Waals surface area contributed by atoms with E-state index in [-0.39, 0.29) is 29.8 Å². The van der Waals surface area contributed by atoms with Crippen molar-refractivity contribution in [2.75, 3.05) is 5.32 Å². The van der Waals surface area contributed by atoms with Crippen molar-refractivity contribution in [3.8, 4) is 5.75 Å². The maximum absolute atomic E-state index is 13.3. The van der Waals surface area contributed by atoms with Crippen molar-refractivity contribution in [2.24, 2.45) is 4.99 Å². The van der Waals surface area contributed by atoms with Crippen LogP contribution in [0.2, 0.25) is 0 Å². The van der Waals surface area contributed by atoms with Gasteiger partial charge in [0.25, 0.3) is 0 Å². The molecule has 0 unspecified atom stereocenters. The van der Waals surface area contributed by atoms with Crippen molar-refractivity contribution < 1.29 is 36.3 Å². The molecule has 0 bridgehead atoms. The molecule has 2 fully saturated rings. The van der Waals surface area contributed by atoms with Crippen molar-refractivity contribution in [3.05, 3.63) is 54.1 Å².